The molecule has 2 aromatic heterocycles. The first-order valence-corrected chi connectivity index (χ1v) is 13.6. The second-order valence-electron chi connectivity index (χ2n) is 9.12. The lowest BCUT2D eigenvalue weighted by Crippen LogP contribution is -2.13. The number of nitrogens with two attached hydrogens (primary N) is 1. The van der Waals surface area contributed by atoms with Crippen LogP contribution in [-0.4, -0.2) is 21.5 Å². The van der Waals surface area contributed by atoms with Crippen molar-refractivity contribution in [2.45, 2.75) is 13.2 Å². The number of pyridine rings is 2. The van der Waals surface area contributed by atoms with E-state index in [1.807, 2.05) is 115 Å². The van der Waals surface area contributed by atoms with Gasteiger partial charge in [0.15, 0.2) is 0 Å². The van der Waals surface area contributed by atoms with Gasteiger partial charge in [0.25, 0.3) is 0 Å². The van der Waals surface area contributed by atoms with Gasteiger partial charge >= 0.3 is 11.5 Å². The van der Waals surface area contributed by atoms with Gasteiger partial charge in [-0.05, 0) is 58.3 Å². The molecule has 0 aliphatic heterocycles. The van der Waals surface area contributed by atoms with Crippen LogP contribution in [0.1, 0.15) is 11.1 Å². The minimum atomic E-state index is -0.770. The first-order chi connectivity index (χ1) is 21.0. The topological polar surface area (TPSA) is 116 Å². The summed E-state index contributed by atoms with van der Waals surface area (Å²) in [6.07, 6.45) is 6.63. The van der Waals surface area contributed by atoms with E-state index in [2.05, 4.69) is 20.0 Å². The van der Waals surface area contributed by atoms with Crippen LogP contribution in [0.25, 0.3) is 21.5 Å². The van der Waals surface area contributed by atoms with Gasteiger partial charge in [0.2, 0.25) is 0 Å². The van der Waals surface area contributed by atoms with Gasteiger partial charge in [0.1, 0.15) is 13.2 Å². The van der Waals surface area contributed by atoms with Gasteiger partial charge < -0.3 is 15.2 Å². The summed E-state index contributed by atoms with van der Waals surface area (Å²) < 4.78 is 9.74. The van der Waals surface area contributed by atoms with E-state index in [4.69, 9.17) is 22.1 Å². The molecule has 2 heterocycles. The molecule has 0 saturated heterocycles. The van der Waals surface area contributed by atoms with Crippen molar-refractivity contribution in [1.29, 1.82) is 0 Å². The molecule has 6 rings (SSSR count). The van der Waals surface area contributed by atoms with E-state index in [0.717, 1.165) is 38.4 Å². The number of aromatic nitrogens is 2. The molecule has 0 radical (unpaired) electrons. The molecule has 1 amide bonds. The molecule has 6 aromatic rings. The molecule has 43 heavy (non-hydrogen) atoms. The standard InChI is InChI=1S/C17H14N2O2.C9H8N2.C8H7ClO2/c20-17(21-12-13-4-2-1-3-5-13)19-16-7-6-15-11-18-9-8-14(15)10-16;10-9-2-1-8-6-11-4-3-7(8)5-9;9-8(10)11-6-7-4-2-1-3-5-7/h1-11H,12H2,(H,19,20);1-6H,10H2;1-5H,6H2. The van der Waals surface area contributed by atoms with Gasteiger partial charge in [-0.3, -0.25) is 15.3 Å². The minimum absolute atomic E-state index is 0.239. The van der Waals surface area contributed by atoms with Crippen molar-refractivity contribution in [3.63, 3.8) is 0 Å². The molecule has 0 aliphatic carbocycles. The fourth-order valence-corrected chi connectivity index (χ4v) is 3.91. The number of hydrogen-bond donors (Lipinski definition) is 2. The average Bonchev–Trinajstić information content (AvgIpc) is 3.04. The van der Waals surface area contributed by atoms with E-state index >= 15 is 0 Å². The summed E-state index contributed by atoms with van der Waals surface area (Å²) in [6, 6.07) is 34.2. The summed E-state index contributed by atoms with van der Waals surface area (Å²) in [5.41, 5.74) is 8.22. The molecule has 0 spiro atoms. The third-order valence-electron chi connectivity index (χ3n) is 5.96. The van der Waals surface area contributed by atoms with Gasteiger partial charge in [-0.1, -0.05) is 72.8 Å². The maximum absolute atomic E-state index is 11.8. The third kappa shape index (κ3) is 10.5. The second kappa shape index (κ2) is 16.1. The zero-order valence-corrected chi connectivity index (χ0v) is 23.9. The summed E-state index contributed by atoms with van der Waals surface area (Å²) in [7, 11) is 0. The highest BCUT2D eigenvalue weighted by Gasteiger charge is 2.04. The highest BCUT2D eigenvalue weighted by Crippen LogP contribution is 2.18. The third-order valence-corrected chi connectivity index (χ3v) is 6.07. The SMILES string of the molecule is Nc1ccc2cnccc2c1.O=C(Cl)OCc1ccccc1.O=C(Nc1ccc2cnccc2c1)OCc1ccccc1. The number of carbonyl (C=O) groups excluding carboxylic acids is 2. The molecule has 0 saturated carbocycles. The number of rotatable bonds is 5. The van der Waals surface area contributed by atoms with Crippen molar-refractivity contribution < 1.29 is 19.1 Å². The number of fused-ring (bicyclic) bond motifs is 2. The molecule has 3 N–H and O–H groups in total. The Morgan fingerprint density at radius 2 is 1.19 bits per heavy atom. The van der Waals surface area contributed by atoms with E-state index in [1.54, 1.807) is 18.6 Å². The Kier molecular flexibility index (Phi) is 11.4. The molecule has 0 aliphatic rings. The molecule has 0 unspecified atom stereocenters. The van der Waals surface area contributed by atoms with Crippen LogP contribution < -0.4 is 11.1 Å². The summed E-state index contributed by atoms with van der Waals surface area (Å²) >= 11 is 4.97. The highest BCUT2D eigenvalue weighted by molar-refractivity contribution is 6.61. The predicted octanol–water partition coefficient (Wildman–Crippen LogP) is 8.36. The second-order valence-corrected chi connectivity index (χ2v) is 9.43. The van der Waals surface area contributed by atoms with Gasteiger partial charge in [0.05, 0.1) is 0 Å². The van der Waals surface area contributed by atoms with E-state index in [1.165, 1.54) is 0 Å². The molecule has 0 bridgehead atoms. The fraction of sp³-hybridized carbons (Fsp3) is 0.0588. The van der Waals surface area contributed by atoms with Crippen LogP contribution in [0.2, 0.25) is 0 Å². The van der Waals surface area contributed by atoms with E-state index < -0.39 is 11.5 Å². The van der Waals surface area contributed by atoms with Gasteiger partial charge in [-0.15, -0.1) is 0 Å². The number of nitrogen functional groups attached to an aromatic ring is 1. The minimum Gasteiger partial charge on any atom is -0.449 e. The number of ether oxygens (including phenoxy) is 2. The van der Waals surface area contributed by atoms with Crippen molar-refractivity contribution >= 4 is 56.0 Å². The lowest BCUT2D eigenvalue weighted by molar-refractivity contribution is 0.155. The largest absolute Gasteiger partial charge is 0.449 e. The van der Waals surface area contributed by atoms with Gasteiger partial charge in [0, 0.05) is 58.5 Å². The number of nitrogens with one attached hydrogen (secondary N) is 1. The lowest BCUT2D eigenvalue weighted by atomic mass is 10.1. The van der Waals surface area contributed by atoms with Crippen LogP contribution in [0, 0.1) is 0 Å². The molecular formula is C34H29ClN4O4. The van der Waals surface area contributed by atoms with Crippen molar-refractivity contribution in [2.75, 3.05) is 11.1 Å². The normalized spacial score (nSPS) is 9.98. The van der Waals surface area contributed by atoms with E-state index in [-0.39, 0.29) is 13.2 Å². The van der Waals surface area contributed by atoms with Crippen LogP contribution >= 0.6 is 11.6 Å². The number of benzene rings is 4. The number of nitrogens with zero attached hydrogens (tertiary/aromatic N) is 2. The zero-order valence-electron chi connectivity index (χ0n) is 23.1. The predicted molar refractivity (Wildman–Crippen MR) is 171 cm³/mol. The van der Waals surface area contributed by atoms with Crippen LogP contribution in [0.4, 0.5) is 21.0 Å². The molecule has 4 aromatic carbocycles. The molecule has 216 valence electrons. The van der Waals surface area contributed by atoms with Gasteiger partial charge in [-0.2, -0.15) is 0 Å². The van der Waals surface area contributed by atoms with Crippen molar-refractivity contribution in [1.82, 2.24) is 9.97 Å². The van der Waals surface area contributed by atoms with Gasteiger partial charge in [-0.25, -0.2) is 9.59 Å². The Morgan fingerprint density at radius 3 is 1.77 bits per heavy atom. The number of anilines is 2. The maximum atomic E-state index is 11.8. The monoisotopic (exact) mass is 592 g/mol. The van der Waals surface area contributed by atoms with Crippen molar-refractivity contribution in [2.24, 2.45) is 0 Å². The molecule has 0 atom stereocenters. The maximum Gasteiger partial charge on any atom is 0.411 e. The van der Waals surface area contributed by atoms with E-state index in [0.29, 0.717) is 5.69 Å². The number of carbonyl (C=O) groups is 2. The van der Waals surface area contributed by atoms with Crippen LogP contribution in [0.15, 0.2) is 134 Å². The number of halogens is 1. The Balaban J connectivity index is 0.000000162. The fourth-order valence-electron chi connectivity index (χ4n) is 3.85. The summed E-state index contributed by atoms with van der Waals surface area (Å²) in [5, 5.41) is 7.04. The average molecular weight is 593 g/mol. The zero-order chi connectivity index (χ0) is 30.3. The first-order valence-electron chi connectivity index (χ1n) is 13.2. The van der Waals surface area contributed by atoms with Crippen LogP contribution in [0.5, 0.6) is 0 Å². The Hall–Kier alpha value is -5.47. The molecule has 9 heteroatoms. The summed E-state index contributed by atoms with van der Waals surface area (Å²) in [4.78, 5) is 30.0. The van der Waals surface area contributed by atoms with Crippen molar-refractivity contribution in [3.05, 3.63) is 145 Å². The summed E-state index contributed by atoms with van der Waals surface area (Å²) in [5.74, 6) is 0. The van der Waals surface area contributed by atoms with Crippen LogP contribution in [0.3, 0.4) is 0 Å². The Bertz CT molecular complexity index is 1770. The molecule has 0 fully saturated rings. The highest BCUT2D eigenvalue weighted by atomic mass is 35.5. The summed E-state index contributed by atoms with van der Waals surface area (Å²) in [6.45, 7) is 0.493. The Labute approximate surface area is 254 Å². The number of amides is 1. The van der Waals surface area contributed by atoms with E-state index in [9.17, 15) is 9.59 Å². The van der Waals surface area contributed by atoms with Crippen LogP contribution in [-0.2, 0) is 22.7 Å². The molecular weight excluding hydrogens is 564 g/mol. The number of hydrogen-bond acceptors (Lipinski definition) is 7. The Morgan fingerprint density at radius 1 is 0.651 bits per heavy atom. The lowest BCUT2D eigenvalue weighted by Gasteiger charge is -2.08. The first kappa shape index (κ1) is 30.5. The smallest absolute Gasteiger partial charge is 0.411 e. The molecule has 8 nitrogen and oxygen atoms in total. The quantitative estimate of drug-likeness (QED) is 0.152. The van der Waals surface area contributed by atoms with Crippen molar-refractivity contribution in [3.8, 4) is 0 Å².